The van der Waals surface area contributed by atoms with Crippen LogP contribution in [-0.2, 0) is 0 Å². The summed E-state index contributed by atoms with van der Waals surface area (Å²) in [7, 11) is 1.56. The fourth-order valence-corrected chi connectivity index (χ4v) is 3.62. The zero-order chi connectivity index (χ0) is 21.4. The molecule has 2 aromatic carbocycles. The zero-order valence-electron chi connectivity index (χ0n) is 16.2. The topological polar surface area (TPSA) is 129 Å². The van der Waals surface area contributed by atoms with Crippen LogP contribution in [0.15, 0.2) is 60.0 Å². The van der Waals surface area contributed by atoms with Gasteiger partial charge in [0.1, 0.15) is 17.4 Å². The van der Waals surface area contributed by atoms with E-state index in [0.717, 1.165) is 5.56 Å². The Labute approximate surface area is 171 Å². The third-order valence-corrected chi connectivity index (χ3v) is 4.99. The number of nitrogens with zero attached hydrogens (tertiary/aromatic N) is 4. The SMILES string of the molecule is COc1ccccc1C1C(C#N)=C(N)Oc2c1c(C)nn2-c1ccc([N+](=O)[O-])cc1. The molecular weight excluding hydrogens is 386 g/mol. The van der Waals surface area contributed by atoms with Crippen molar-refractivity contribution >= 4 is 5.69 Å². The van der Waals surface area contributed by atoms with Crippen LogP contribution in [0.2, 0.25) is 0 Å². The van der Waals surface area contributed by atoms with E-state index in [1.54, 1.807) is 19.2 Å². The molecule has 2 heterocycles. The van der Waals surface area contributed by atoms with Gasteiger partial charge in [-0.3, -0.25) is 10.1 Å². The molecule has 1 aromatic heterocycles. The molecular formula is C21H17N5O4. The molecule has 9 heteroatoms. The van der Waals surface area contributed by atoms with Crippen molar-refractivity contribution < 1.29 is 14.4 Å². The summed E-state index contributed by atoms with van der Waals surface area (Å²) in [6.45, 7) is 1.81. The lowest BCUT2D eigenvalue weighted by atomic mass is 9.83. The van der Waals surface area contributed by atoms with E-state index in [1.165, 1.54) is 16.8 Å². The summed E-state index contributed by atoms with van der Waals surface area (Å²) in [5.41, 5.74) is 8.99. The fraction of sp³-hybridized carbons (Fsp3) is 0.143. The van der Waals surface area contributed by atoms with Gasteiger partial charge in [0.2, 0.25) is 11.8 Å². The third-order valence-electron chi connectivity index (χ3n) is 4.99. The van der Waals surface area contributed by atoms with Crippen LogP contribution >= 0.6 is 0 Å². The number of hydrogen-bond donors (Lipinski definition) is 1. The molecule has 150 valence electrons. The number of nitrogens with two attached hydrogens (primary N) is 1. The molecule has 9 nitrogen and oxygen atoms in total. The van der Waals surface area contributed by atoms with E-state index < -0.39 is 10.8 Å². The summed E-state index contributed by atoms with van der Waals surface area (Å²) in [5, 5.41) is 25.3. The van der Waals surface area contributed by atoms with Gasteiger partial charge in [-0.25, -0.2) is 4.68 Å². The molecule has 2 N–H and O–H groups in total. The van der Waals surface area contributed by atoms with Gasteiger partial charge in [-0.2, -0.15) is 10.4 Å². The van der Waals surface area contributed by atoms with Gasteiger partial charge in [0.15, 0.2) is 0 Å². The van der Waals surface area contributed by atoms with Crippen LogP contribution in [0.25, 0.3) is 5.69 Å². The highest BCUT2D eigenvalue weighted by molar-refractivity contribution is 5.59. The first-order valence-electron chi connectivity index (χ1n) is 9.01. The predicted octanol–water partition coefficient (Wildman–Crippen LogP) is 3.32. The molecule has 0 amide bonds. The van der Waals surface area contributed by atoms with Gasteiger partial charge in [-0.15, -0.1) is 0 Å². The van der Waals surface area contributed by atoms with Gasteiger partial charge in [0, 0.05) is 17.7 Å². The number of fused-ring (bicyclic) bond motifs is 1. The molecule has 4 rings (SSSR count). The van der Waals surface area contributed by atoms with E-state index in [0.29, 0.717) is 28.6 Å². The maximum absolute atomic E-state index is 11.0. The maximum atomic E-state index is 11.0. The lowest BCUT2D eigenvalue weighted by molar-refractivity contribution is -0.384. The van der Waals surface area contributed by atoms with Crippen LogP contribution in [0.4, 0.5) is 5.69 Å². The Kier molecular flexibility index (Phi) is 4.60. The summed E-state index contributed by atoms with van der Waals surface area (Å²) < 4.78 is 12.8. The van der Waals surface area contributed by atoms with Crippen LogP contribution in [-0.4, -0.2) is 21.8 Å². The monoisotopic (exact) mass is 403 g/mol. The van der Waals surface area contributed by atoms with Crippen molar-refractivity contribution in [3.05, 3.63) is 86.9 Å². The normalized spacial score (nSPS) is 15.2. The van der Waals surface area contributed by atoms with E-state index in [4.69, 9.17) is 15.2 Å². The molecule has 1 aliphatic rings. The number of aromatic nitrogens is 2. The number of benzene rings is 2. The Hall–Kier alpha value is -4.32. The molecule has 0 aliphatic carbocycles. The molecule has 0 saturated heterocycles. The average molecular weight is 403 g/mol. The number of ether oxygens (including phenoxy) is 2. The maximum Gasteiger partial charge on any atom is 0.269 e. The first-order chi connectivity index (χ1) is 14.5. The molecule has 0 spiro atoms. The zero-order valence-corrected chi connectivity index (χ0v) is 16.2. The van der Waals surface area contributed by atoms with Gasteiger partial charge >= 0.3 is 0 Å². The second-order valence-corrected chi connectivity index (χ2v) is 6.66. The summed E-state index contributed by atoms with van der Waals surface area (Å²) in [6, 6.07) is 15.5. The number of methoxy groups -OCH3 is 1. The number of rotatable bonds is 4. The van der Waals surface area contributed by atoms with Crippen LogP contribution in [0, 0.1) is 28.4 Å². The number of nitro benzene ring substituents is 1. The Bertz CT molecular complexity index is 1220. The minimum atomic E-state index is -0.526. The van der Waals surface area contributed by atoms with Crippen molar-refractivity contribution in [1.29, 1.82) is 5.26 Å². The number of nitro groups is 1. The Balaban J connectivity index is 1.92. The molecule has 1 atom stereocenters. The number of nitriles is 1. The number of hydrogen-bond acceptors (Lipinski definition) is 7. The molecule has 0 bridgehead atoms. The number of aryl methyl sites for hydroxylation is 1. The fourth-order valence-electron chi connectivity index (χ4n) is 3.62. The van der Waals surface area contributed by atoms with E-state index in [9.17, 15) is 15.4 Å². The lowest BCUT2D eigenvalue weighted by Gasteiger charge is -2.26. The van der Waals surface area contributed by atoms with E-state index in [2.05, 4.69) is 11.2 Å². The van der Waals surface area contributed by atoms with Crippen molar-refractivity contribution in [2.24, 2.45) is 5.73 Å². The van der Waals surface area contributed by atoms with Crippen molar-refractivity contribution in [1.82, 2.24) is 9.78 Å². The summed E-state index contributed by atoms with van der Waals surface area (Å²) in [4.78, 5) is 10.5. The van der Waals surface area contributed by atoms with Crippen LogP contribution in [0.3, 0.4) is 0 Å². The minimum absolute atomic E-state index is 0.0241. The highest BCUT2D eigenvalue weighted by Crippen LogP contribution is 2.46. The summed E-state index contributed by atoms with van der Waals surface area (Å²) in [5.74, 6) is 0.415. The number of non-ortho nitro benzene ring substituents is 1. The van der Waals surface area contributed by atoms with Crippen molar-refractivity contribution in [2.45, 2.75) is 12.8 Å². The molecule has 1 unspecified atom stereocenters. The quantitative estimate of drug-likeness (QED) is 0.522. The lowest BCUT2D eigenvalue weighted by Crippen LogP contribution is -2.22. The Morgan fingerprint density at radius 2 is 1.97 bits per heavy atom. The highest BCUT2D eigenvalue weighted by Gasteiger charge is 2.37. The molecule has 30 heavy (non-hydrogen) atoms. The number of allylic oxidation sites excluding steroid dienone is 1. The van der Waals surface area contributed by atoms with Crippen molar-refractivity contribution in [3.8, 4) is 23.4 Å². The highest BCUT2D eigenvalue weighted by atomic mass is 16.6. The smallest absolute Gasteiger partial charge is 0.269 e. The standard InChI is InChI=1S/C21H17N5O4/c1-12-18-19(15-5-3-4-6-17(15)29-2)16(11-22)20(23)30-21(18)25(24-12)13-7-9-14(10-8-13)26(27)28/h3-10,19H,23H2,1-2H3. The Morgan fingerprint density at radius 3 is 2.60 bits per heavy atom. The molecule has 0 radical (unpaired) electrons. The molecule has 1 aliphatic heterocycles. The van der Waals surface area contributed by atoms with E-state index in [-0.39, 0.29) is 17.1 Å². The largest absolute Gasteiger partial charge is 0.496 e. The van der Waals surface area contributed by atoms with Gasteiger partial charge in [-0.05, 0) is 25.1 Å². The Morgan fingerprint density at radius 1 is 1.27 bits per heavy atom. The molecule has 3 aromatic rings. The van der Waals surface area contributed by atoms with Crippen LogP contribution in [0.1, 0.15) is 22.7 Å². The van der Waals surface area contributed by atoms with Crippen LogP contribution in [0.5, 0.6) is 11.6 Å². The molecule has 0 saturated carbocycles. The molecule has 0 fully saturated rings. The van der Waals surface area contributed by atoms with Crippen LogP contribution < -0.4 is 15.2 Å². The summed E-state index contributed by atoms with van der Waals surface area (Å²) in [6.07, 6.45) is 0. The van der Waals surface area contributed by atoms with Crippen molar-refractivity contribution in [2.75, 3.05) is 7.11 Å². The first kappa shape index (κ1) is 19.0. The first-order valence-corrected chi connectivity index (χ1v) is 9.01. The predicted molar refractivity (Wildman–Crippen MR) is 107 cm³/mol. The van der Waals surface area contributed by atoms with Gasteiger partial charge < -0.3 is 15.2 Å². The second-order valence-electron chi connectivity index (χ2n) is 6.66. The van der Waals surface area contributed by atoms with Gasteiger partial charge in [-0.1, -0.05) is 18.2 Å². The van der Waals surface area contributed by atoms with E-state index in [1.807, 2.05) is 31.2 Å². The number of para-hydroxylation sites is 1. The average Bonchev–Trinajstić information content (AvgIpc) is 3.08. The minimum Gasteiger partial charge on any atom is -0.496 e. The summed E-state index contributed by atoms with van der Waals surface area (Å²) >= 11 is 0. The van der Waals surface area contributed by atoms with Gasteiger partial charge in [0.25, 0.3) is 5.69 Å². The second kappa shape index (κ2) is 7.25. The van der Waals surface area contributed by atoms with Gasteiger partial charge in [0.05, 0.1) is 34.9 Å². The third kappa shape index (κ3) is 2.91. The van der Waals surface area contributed by atoms with Crippen molar-refractivity contribution in [3.63, 3.8) is 0 Å². The van der Waals surface area contributed by atoms with E-state index >= 15 is 0 Å².